The molecule has 0 aromatic heterocycles. The monoisotopic (exact) mass is 312 g/mol. The van der Waals surface area contributed by atoms with Gasteiger partial charge in [0, 0.05) is 13.2 Å². The molecule has 0 saturated carbocycles. The molecule has 1 saturated heterocycles. The number of carbonyl (C=O) groups is 1. The molecule has 23 heavy (non-hydrogen) atoms. The number of hydrogen-bond acceptors (Lipinski definition) is 3. The number of nitrogens with zero attached hydrogens (tertiary/aromatic N) is 1. The van der Waals surface area contributed by atoms with Crippen LogP contribution in [0.15, 0.2) is 29.8 Å². The molecular formula is C19H24N2O2. The normalized spacial score (nSPS) is 18.5. The highest BCUT2D eigenvalue weighted by molar-refractivity contribution is 6.01. The summed E-state index contributed by atoms with van der Waals surface area (Å²) in [4.78, 5) is 12.1. The number of hydrogen-bond donors (Lipinski definition) is 1. The van der Waals surface area contributed by atoms with Crippen molar-refractivity contribution >= 4 is 12.0 Å². The van der Waals surface area contributed by atoms with Crippen molar-refractivity contribution in [2.75, 3.05) is 13.2 Å². The Bertz CT molecular complexity index is 612. The van der Waals surface area contributed by atoms with Crippen LogP contribution in [0.1, 0.15) is 44.7 Å². The minimum Gasteiger partial charge on any atom is -0.376 e. The third-order valence-electron chi connectivity index (χ3n) is 3.97. The summed E-state index contributed by atoms with van der Waals surface area (Å²) in [6.07, 6.45) is 3.68. The highest BCUT2D eigenvalue weighted by atomic mass is 16.5. The van der Waals surface area contributed by atoms with Crippen molar-refractivity contribution in [3.8, 4) is 6.07 Å². The van der Waals surface area contributed by atoms with Crippen molar-refractivity contribution in [2.24, 2.45) is 0 Å². The van der Waals surface area contributed by atoms with Gasteiger partial charge in [-0.1, -0.05) is 45.0 Å². The van der Waals surface area contributed by atoms with Gasteiger partial charge in [0.25, 0.3) is 5.91 Å². The standard InChI is InChI=1S/C19H24N2O2/c1-19(2,3)16-8-6-14(7-9-16)11-15(12-20)18(22)21-13-17-5-4-10-23-17/h6-9,11,17H,4-5,10,13H2,1-3H3,(H,21,22)/b15-11+/t17-/m0/s1. The van der Waals surface area contributed by atoms with Crippen LogP contribution in [-0.4, -0.2) is 25.2 Å². The first-order valence-electron chi connectivity index (χ1n) is 8.02. The second-order valence-electron chi connectivity index (χ2n) is 6.89. The summed E-state index contributed by atoms with van der Waals surface area (Å²) in [7, 11) is 0. The van der Waals surface area contributed by atoms with Crippen LogP contribution in [0.25, 0.3) is 6.08 Å². The molecule has 1 N–H and O–H groups in total. The van der Waals surface area contributed by atoms with Gasteiger partial charge >= 0.3 is 0 Å². The van der Waals surface area contributed by atoms with Crippen LogP contribution in [0.5, 0.6) is 0 Å². The maximum atomic E-state index is 12.1. The van der Waals surface area contributed by atoms with Crippen LogP contribution in [0, 0.1) is 11.3 Å². The second kappa shape index (κ2) is 7.43. The fourth-order valence-corrected chi connectivity index (χ4v) is 2.50. The van der Waals surface area contributed by atoms with E-state index in [9.17, 15) is 10.1 Å². The molecule has 1 aliphatic heterocycles. The maximum Gasteiger partial charge on any atom is 0.262 e. The molecular weight excluding hydrogens is 288 g/mol. The van der Waals surface area contributed by atoms with Gasteiger partial charge in [0.2, 0.25) is 0 Å². The number of ether oxygens (including phenoxy) is 1. The summed E-state index contributed by atoms with van der Waals surface area (Å²) in [5.74, 6) is -0.345. The number of rotatable bonds is 4. The average molecular weight is 312 g/mol. The van der Waals surface area contributed by atoms with Crippen LogP contribution >= 0.6 is 0 Å². The van der Waals surface area contributed by atoms with Gasteiger partial charge in [-0.15, -0.1) is 0 Å². The lowest BCUT2D eigenvalue weighted by molar-refractivity contribution is -0.117. The Hall–Kier alpha value is -2.12. The molecule has 0 aliphatic carbocycles. The average Bonchev–Trinajstić information content (AvgIpc) is 3.03. The van der Waals surface area contributed by atoms with Crippen LogP contribution in [0.2, 0.25) is 0 Å². The zero-order valence-electron chi connectivity index (χ0n) is 14.1. The molecule has 4 heteroatoms. The SMILES string of the molecule is CC(C)(C)c1ccc(/C=C(\C#N)C(=O)NC[C@@H]2CCCO2)cc1. The Morgan fingerprint density at radius 1 is 1.39 bits per heavy atom. The number of benzene rings is 1. The van der Waals surface area contributed by atoms with Crippen molar-refractivity contribution < 1.29 is 9.53 Å². The Balaban J connectivity index is 2.02. The molecule has 122 valence electrons. The first-order chi connectivity index (χ1) is 10.9. The van der Waals surface area contributed by atoms with Crippen molar-refractivity contribution in [2.45, 2.75) is 45.1 Å². The van der Waals surface area contributed by atoms with Gasteiger partial charge in [-0.2, -0.15) is 5.26 Å². The highest BCUT2D eigenvalue weighted by Crippen LogP contribution is 2.22. The molecule has 1 heterocycles. The van der Waals surface area contributed by atoms with E-state index in [0.29, 0.717) is 6.54 Å². The van der Waals surface area contributed by atoms with Crippen LogP contribution < -0.4 is 5.32 Å². The van der Waals surface area contributed by atoms with Gasteiger partial charge < -0.3 is 10.1 Å². The zero-order chi connectivity index (χ0) is 16.9. The van der Waals surface area contributed by atoms with Crippen LogP contribution in [-0.2, 0) is 14.9 Å². The first-order valence-corrected chi connectivity index (χ1v) is 8.02. The van der Waals surface area contributed by atoms with Gasteiger partial charge in [0.15, 0.2) is 0 Å². The fraction of sp³-hybridized carbons (Fsp3) is 0.474. The van der Waals surface area contributed by atoms with Crippen molar-refractivity contribution in [1.29, 1.82) is 5.26 Å². The second-order valence-corrected chi connectivity index (χ2v) is 6.89. The molecule has 0 spiro atoms. The molecule has 1 aliphatic rings. The number of amides is 1. The molecule has 1 atom stereocenters. The van der Waals surface area contributed by atoms with E-state index in [4.69, 9.17) is 4.74 Å². The molecule has 0 bridgehead atoms. The molecule has 0 unspecified atom stereocenters. The van der Waals surface area contributed by atoms with Crippen LogP contribution in [0.4, 0.5) is 0 Å². The molecule has 4 nitrogen and oxygen atoms in total. The Labute approximate surface area is 138 Å². The summed E-state index contributed by atoms with van der Waals surface area (Å²) in [5, 5.41) is 12.0. The van der Waals surface area contributed by atoms with Gasteiger partial charge in [-0.05, 0) is 35.5 Å². The summed E-state index contributed by atoms with van der Waals surface area (Å²) < 4.78 is 5.46. The van der Waals surface area contributed by atoms with Gasteiger partial charge in [-0.3, -0.25) is 4.79 Å². The van der Waals surface area contributed by atoms with E-state index < -0.39 is 0 Å². The van der Waals surface area contributed by atoms with Gasteiger partial charge in [0.1, 0.15) is 11.6 Å². The molecule has 1 amide bonds. The maximum absolute atomic E-state index is 12.1. The summed E-state index contributed by atoms with van der Waals surface area (Å²) >= 11 is 0. The van der Waals surface area contributed by atoms with E-state index in [1.807, 2.05) is 30.3 Å². The molecule has 1 fully saturated rings. The molecule has 2 rings (SSSR count). The predicted octanol–water partition coefficient (Wildman–Crippen LogP) is 3.19. The van der Waals surface area contributed by atoms with E-state index in [1.54, 1.807) is 6.08 Å². The molecule has 1 aromatic carbocycles. The van der Waals surface area contributed by atoms with E-state index in [-0.39, 0.29) is 23.0 Å². The van der Waals surface area contributed by atoms with Crippen LogP contribution in [0.3, 0.4) is 0 Å². The third-order valence-corrected chi connectivity index (χ3v) is 3.97. The number of nitrogens with one attached hydrogen (secondary N) is 1. The van der Waals surface area contributed by atoms with E-state index in [1.165, 1.54) is 5.56 Å². The van der Waals surface area contributed by atoms with E-state index in [2.05, 4.69) is 26.1 Å². The Morgan fingerprint density at radius 2 is 2.09 bits per heavy atom. The lowest BCUT2D eigenvalue weighted by Gasteiger charge is -2.18. The van der Waals surface area contributed by atoms with Gasteiger partial charge in [0.05, 0.1) is 6.10 Å². The quantitative estimate of drug-likeness (QED) is 0.686. The lowest BCUT2D eigenvalue weighted by Crippen LogP contribution is -2.32. The van der Waals surface area contributed by atoms with Gasteiger partial charge in [-0.25, -0.2) is 0 Å². The van der Waals surface area contributed by atoms with E-state index >= 15 is 0 Å². The Kier molecular flexibility index (Phi) is 5.57. The van der Waals surface area contributed by atoms with E-state index in [0.717, 1.165) is 25.0 Å². The third kappa shape index (κ3) is 4.94. The first kappa shape index (κ1) is 17.2. The highest BCUT2D eigenvalue weighted by Gasteiger charge is 2.18. The largest absolute Gasteiger partial charge is 0.376 e. The summed E-state index contributed by atoms with van der Waals surface area (Å²) in [6, 6.07) is 9.92. The zero-order valence-corrected chi connectivity index (χ0v) is 14.1. The number of nitriles is 1. The Morgan fingerprint density at radius 3 is 2.61 bits per heavy atom. The number of carbonyl (C=O) groups excluding carboxylic acids is 1. The summed E-state index contributed by atoms with van der Waals surface area (Å²) in [6.45, 7) is 7.66. The molecule has 1 aromatic rings. The molecule has 0 radical (unpaired) electrons. The van der Waals surface area contributed by atoms with Crippen molar-refractivity contribution in [1.82, 2.24) is 5.32 Å². The van der Waals surface area contributed by atoms with Crippen molar-refractivity contribution in [3.05, 3.63) is 41.0 Å². The van der Waals surface area contributed by atoms with Crippen molar-refractivity contribution in [3.63, 3.8) is 0 Å². The minimum atomic E-state index is -0.345. The fourth-order valence-electron chi connectivity index (χ4n) is 2.50. The predicted molar refractivity (Wildman–Crippen MR) is 90.7 cm³/mol. The smallest absolute Gasteiger partial charge is 0.262 e. The minimum absolute atomic E-state index is 0.0740. The topological polar surface area (TPSA) is 62.1 Å². The summed E-state index contributed by atoms with van der Waals surface area (Å²) in [5.41, 5.74) is 2.27. The lowest BCUT2D eigenvalue weighted by atomic mass is 9.86.